The van der Waals surface area contributed by atoms with Crippen LogP contribution < -0.4 is 0 Å². The van der Waals surface area contributed by atoms with Crippen molar-refractivity contribution in [2.75, 3.05) is 0 Å². The van der Waals surface area contributed by atoms with Gasteiger partial charge in [0, 0.05) is 40.1 Å². The number of carboxylic acid groups (broad SMARTS) is 2. The Kier molecular flexibility index (Phi) is 54.3. The van der Waals surface area contributed by atoms with Crippen molar-refractivity contribution in [1.82, 2.24) is 0 Å². The molecule has 0 spiro atoms. The van der Waals surface area contributed by atoms with Crippen LogP contribution >= 0.6 is 0 Å². The molecular weight excluding hydrogens is 633 g/mol. The second kappa shape index (κ2) is 46.1. The maximum absolute atomic E-state index is 10.3. The molecule has 0 heterocycles. The number of hydrogen-bond donors (Lipinski definition) is 2. The molecular formula is C36H74CdMgO4. The van der Waals surface area contributed by atoms with Crippen LogP contribution in [0.3, 0.4) is 0 Å². The second-order valence-electron chi connectivity index (χ2n) is 12.2. The van der Waals surface area contributed by atoms with E-state index in [0.29, 0.717) is 12.8 Å². The fraction of sp³-hybridized carbons (Fsp3) is 0.944. The topological polar surface area (TPSA) is 74.6 Å². The van der Waals surface area contributed by atoms with Gasteiger partial charge in [0.1, 0.15) is 0 Å². The van der Waals surface area contributed by atoms with Gasteiger partial charge in [0.2, 0.25) is 0 Å². The van der Waals surface area contributed by atoms with Crippen LogP contribution in [0.15, 0.2) is 0 Å². The van der Waals surface area contributed by atoms with E-state index in [9.17, 15) is 9.59 Å². The summed E-state index contributed by atoms with van der Waals surface area (Å²) >= 11 is 0. The molecule has 0 aliphatic heterocycles. The quantitative estimate of drug-likeness (QED) is 0.0539. The molecule has 0 amide bonds. The first-order chi connectivity index (χ1) is 19.5. The van der Waals surface area contributed by atoms with Crippen molar-refractivity contribution in [2.45, 2.75) is 219 Å². The molecule has 4 nitrogen and oxygen atoms in total. The maximum Gasteiger partial charge on any atom is 2.00 e. The summed E-state index contributed by atoms with van der Waals surface area (Å²) in [6.07, 6.45) is 40.4. The fourth-order valence-corrected chi connectivity index (χ4v) is 5.30. The minimum atomic E-state index is -0.653. The second-order valence-corrected chi connectivity index (χ2v) is 12.2. The van der Waals surface area contributed by atoms with Gasteiger partial charge in [0.25, 0.3) is 0 Å². The zero-order chi connectivity index (χ0) is 29.8. The standard InChI is InChI=1S/2C18H36O2.Cd.Mg.2H/c2*1-2-3-4-5-6-7-8-9-10-11-12-13-14-15-16-17-18(19)20;;;;/h2*2-17H2,1H3,(H,19,20);;;;/q;;;+2;2*-1. The Morgan fingerprint density at radius 2 is 0.500 bits per heavy atom. The van der Waals surface area contributed by atoms with E-state index in [0.717, 1.165) is 25.7 Å². The third-order valence-corrected chi connectivity index (χ3v) is 7.99. The predicted molar refractivity (Wildman–Crippen MR) is 182 cm³/mol. The van der Waals surface area contributed by atoms with E-state index in [1.807, 2.05) is 0 Å². The molecule has 6 heteroatoms. The maximum atomic E-state index is 10.3. The molecule has 0 rings (SSSR count). The number of aliphatic carboxylic acids is 2. The van der Waals surface area contributed by atoms with Crippen molar-refractivity contribution in [1.29, 1.82) is 0 Å². The molecule has 0 radical (unpaired) electrons. The van der Waals surface area contributed by atoms with Crippen LogP contribution in [0.4, 0.5) is 0 Å². The predicted octanol–water partition coefficient (Wildman–Crippen LogP) is 12.5. The Bertz CT molecular complexity index is 473. The average Bonchev–Trinajstić information content (AvgIpc) is 2.93. The van der Waals surface area contributed by atoms with Crippen LogP contribution in [-0.2, 0) is 36.9 Å². The Balaban J connectivity index is -0.000000150. The first-order valence-electron chi connectivity index (χ1n) is 18.0. The van der Waals surface area contributed by atoms with Crippen LogP contribution in [0.1, 0.15) is 222 Å². The first-order valence-corrected chi connectivity index (χ1v) is 18.0. The van der Waals surface area contributed by atoms with Crippen LogP contribution in [0.5, 0.6) is 0 Å². The van der Waals surface area contributed by atoms with Gasteiger partial charge in [0.15, 0.2) is 0 Å². The summed E-state index contributed by atoms with van der Waals surface area (Å²) in [5.41, 5.74) is 0. The summed E-state index contributed by atoms with van der Waals surface area (Å²) in [6, 6.07) is 0. The van der Waals surface area contributed by atoms with Crippen LogP contribution in [0.2, 0.25) is 0 Å². The Morgan fingerprint density at radius 1 is 0.357 bits per heavy atom. The molecule has 2 N–H and O–H groups in total. The molecule has 42 heavy (non-hydrogen) atoms. The smallest absolute Gasteiger partial charge is 1.00 e. The number of carboxylic acids is 2. The summed E-state index contributed by atoms with van der Waals surface area (Å²) in [5.74, 6) is -1.31. The van der Waals surface area contributed by atoms with E-state index in [1.54, 1.807) is 0 Å². The fourth-order valence-electron chi connectivity index (χ4n) is 5.30. The van der Waals surface area contributed by atoms with Gasteiger partial charge in [-0.15, -0.1) is 0 Å². The number of rotatable bonds is 32. The first kappa shape index (κ1) is 49.5. The number of unbranched alkanes of at least 4 members (excludes halogenated alkanes) is 28. The Labute approximate surface area is 302 Å². The summed E-state index contributed by atoms with van der Waals surface area (Å²) in [4.78, 5) is 20.7. The van der Waals surface area contributed by atoms with Gasteiger partial charge in [-0.05, 0) is 12.8 Å². The van der Waals surface area contributed by atoms with Crippen molar-refractivity contribution >= 4 is 35.0 Å². The number of carbonyl (C=O) groups is 2. The molecule has 246 valence electrons. The SMILES string of the molecule is CCCCCCCCCCCCCCCCCC(=O)O.CCCCCCCCCCCCCCCCCC(=O)O.[Cd].[H-].[H-].[Mg+2]. The van der Waals surface area contributed by atoms with Gasteiger partial charge >= 0.3 is 35.0 Å². The molecule has 0 aliphatic rings. The van der Waals surface area contributed by atoms with Gasteiger partial charge in [-0.1, -0.05) is 194 Å². The molecule has 0 bridgehead atoms. The van der Waals surface area contributed by atoms with Gasteiger partial charge in [-0.3, -0.25) is 9.59 Å². The molecule has 0 aliphatic carbocycles. The minimum absolute atomic E-state index is 0. The van der Waals surface area contributed by atoms with Crippen LogP contribution in [-0.4, -0.2) is 45.2 Å². The summed E-state index contributed by atoms with van der Waals surface area (Å²) in [7, 11) is 0. The van der Waals surface area contributed by atoms with Crippen molar-refractivity contribution in [3.63, 3.8) is 0 Å². The zero-order valence-electron chi connectivity index (χ0n) is 30.8. The molecule has 0 saturated heterocycles. The largest absolute Gasteiger partial charge is 2.00 e. The Hall–Kier alpha value is 0.628. The van der Waals surface area contributed by atoms with E-state index >= 15 is 0 Å². The summed E-state index contributed by atoms with van der Waals surface area (Å²) in [6.45, 7) is 4.54. The normalized spacial score (nSPS) is 10.3. The third-order valence-electron chi connectivity index (χ3n) is 7.99. The van der Waals surface area contributed by atoms with Crippen molar-refractivity contribution in [3.05, 3.63) is 0 Å². The Morgan fingerprint density at radius 3 is 0.643 bits per heavy atom. The van der Waals surface area contributed by atoms with E-state index < -0.39 is 11.9 Å². The van der Waals surface area contributed by atoms with E-state index in [1.165, 1.54) is 167 Å². The average molecular weight is 708 g/mol. The van der Waals surface area contributed by atoms with Crippen molar-refractivity contribution in [3.8, 4) is 0 Å². The third kappa shape index (κ3) is 53.2. The van der Waals surface area contributed by atoms with E-state index in [-0.39, 0.29) is 53.2 Å². The minimum Gasteiger partial charge on any atom is -1.00 e. The summed E-state index contributed by atoms with van der Waals surface area (Å²) in [5, 5.41) is 17.0. The monoisotopic (exact) mass is 708 g/mol. The van der Waals surface area contributed by atoms with Crippen LogP contribution in [0, 0.1) is 0 Å². The van der Waals surface area contributed by atoms with E-state index in [4.69, 9.17) is 10.2 Å². The van der Waals surface area contributed by atoms with Gasteiger partial charge in [0.05, 0.1) is 0 Å². The van der Waals surface area contributed by atoms with Gasteiger partial charge in [-0.2, -0.15) is 0 Å². The molecule has 0 atom stereocenters. The van der Waals surface area contributed by atoms with Crippen molar-refractivity contribution in [2.24, 2.45) is 0 Å². The number of hydrogen-bond acceptors (Lipinski definition) is 2. The summed E-state index contributed by atoms with van der Waals surface area (Å²) < 4.78 is 0. The molecule has 0 aromatic rings. The zero-order valence-corrected chi connectivity index (χ0v) is 34.2. The molecule has 0 aromatic heterocycles. The van der Waals surface area contributed by atoms with Crippen LogP contribution in [0.25, 0.3) is 0 Å². The van der Waals surface area contributed by atoms with E-state index in [2.05, 4.69) is 13.8 Å². The van der Waals surface area contributed by atoms with Gasteiger partial charge < -0.3 is 13.1 Å². The van der Waals surface area contributed by atoms with Gasteiger partial charge in [-0.25, -0.2) is 0 Å². The molecule has 0 fully saturated rings. The molecule has 0 aromatic carbocycles. The van der Waals surface area contributed by atoms with Crippen molar-refractivity contribution < 1.29 is 50.0 Å². The molecule has 0 saturated carbocycles. The molecule has 0 unspecified atom stereocenters.